The number of aromatic nitrogens is 2. The molecule has 7 nitrogen and oxygen atoms in total. The highest BCUT2D eigenvalue weighted by Gasteiger charge is 2.27. The van der Waals surface area contributed by atoms with Crippen molar-refractivity contribution in [1.29, 1.82) is 0 Å². The summed E-state index contributed by atoms with van der Waals surface area (Å²) in [5.74, 6) is 0.380. The molecule has 0 bridgehead atoms. The minimum Gasteiger partial charge on any atom is -0.496 e. The quantitative estimate of drug-likeness (QED) is 0.851. The van der Waals surface area contributed by atoms with Crippen LogP contribution in [-0.2, 0) is 16.1 Å². The minimum atomic E-state index is -0.416. The Kier molecular flexibility index (Phi) is 4.92. The Morgan fingerprint density at radius 2 is 1.92 bits per heavy atom. The maximum absolute atomic E-state index is 12.8. The lowest BCUT2D eigenvalue weighted by atomic mass is 9.82. The van der Waals surface area contributed by atoms with E-state index >= 15 is 0 Å². The summed E-state index contributed by atoms with van der Waals surface area (Å²) < 4.78 is 11.3. The van der Waals surface area contributed by atoms with Crippen molar-refractivity contribution >= 4 is 16.9 Å². The Hall–Kier alpha value is -2.57. The van der Waals surface area contributed by atoms with Gasteiger partial charge >= 0.3 is 11.7 Å². The van der Waals surface area contributed by atoms with Gasteiger partial charge < -0.3 is 14.5 Å². The van der Waals surface area contributed by atoms with E-state index in [0.29, 0.717) is 23.2 Å². The zero-order valence-electron chi connectivity index (χ0n) is 14.4. The molecule has 3 rings (SSSR count). The van der Waals surface area contributed by atoms with Crippen molar-refractivity contribution in [2.75, 3.05) is 14.2 Å². The Morgan fingerprint density at radius 3 is 2.56 bits per heavy atom. The van der Waals surface area contributed by atoms with Gasteiger partial charge in [0, 0.05) is 6.54 Å². The number of carbonyl (C=O) groups is 1. The van der Waals surface area contributed by atoms with E-state index < -0.39 is 5.69 Å². The van der Waals surface area contributed by atoms with Crippen LogP contribution in [0.2, 0.25) is 0 Å². The average molecular weight is 346 g/mol. The lowest BCUT2D eigenvalue weighted by Gasteiger charge is -2.27. The van der Waals surface area contributed by atoms with Gasteiger partial charge in [0.05, 0.1) is 25.7 Å². The van der Waals surface area contributed by atoms with Crippen LogP contribution in [-0.4, -0.2) is 29.7 Å². The van der Waals surface area contributed by atoms with Crippen molar-refractivity contribution in [1.82, 2.24) is 9.55 Å². The lowest BCUT2D eigenvalue weighted by molar-refractivity contribution is -0.146. The van der Waals surface area contributed by atoms with Gasteiger partial charge in [-0.15, -0.1) is 0 Å². The summed E-state index contributed by atoms with van der Waals surface area (Å²) in [6.45, 7) is 0.343. The molecule has 1 aliphatic rings. The number of ether oxygens (including phenoxy) is 2. The van der Waals surface area contributed by atoms with Crippen LogP contribution in [0.25, 0.3) is 10.9 Å². The number of aromatic amines is 1. The zero-order valence-corrected chi connectivity index (χ0v) is 14.4. The number of carbonyl (C=O) groups excluding carboxylic acids is 1. The smallest absolute Gasteiger partial charge is 0.328 e. The van der Waals surface area contributed by atoms with Gasteiger partial charge in [0.2, 0.25) is 0 Å². The standard InChI is InChI=1S/C18H22N2O5/c1-24-14-5-3-4-13-15(14)16(21)20(18(23)19-13)10-11-6-8-12(9-7-11)17(22)25-2/h3-5,11-12H,6-10H2,1-2H3,(H,19,23). The van der Waals surface area contributed by atoms with Crippen LogP contribution >= 0.6 is 0 Å². The van der Waals surface area contributed by atoms with E-state index in [4.69, 9.17) is 9.47 Å². The summed E-state index contributed by atoms with van der Waals surface area (Å²) in [4.78, 5) is 39.5. The van der Waals surface area contributed by atoms with E-state index in [9.17, 15) is 14.4 Å². The van der Waals surface area contributed by atoms with Gasteiger partial charge in [0.1, 0.15) is 11.1 Å². The molecule has 1 fully saturated rings. The van der Waals surface area contributed by atoms with E-state index in [0.717, 1.165) is 25.7 Å². The molecule has 1 saturated carbocycles. The number of hydrogen-bond donors (Lipinski definition) is 1. The summed E-state index contributed by atoms with van der Waals surface area (Å²) >= 11 is 0. The van der Waals surface area contributed by atoms with E-state index in [-0.39, 0.29) is 23.4 Å². The third-order valence-electron chi connectivity index (χ3n) is 5.01. The van der Waals surface area contributed by atoms with Gasteiger partial charge in [-0.1, -0.05) is 6.07 Å². The molecular formula is C18H22N2O5. The van der Waals surface area contributed by atoms with Gasteiger partial charge in [0.25, 0.3) is 5.56 Å². The molecule has 0 unspecified atom stereocenters. The fourth-order valence-corrected chi connectivity index (χ4v) is 3.61. The monoisotopic (exact) mass is 346 g/mol. The maximum Gasteiger partial charge on any atom is 0.328 e. The van der Waals surface area contributed by atoms with Crippen molar-refractivity contribution < 1.29 is 14.3 Å². The molecular weight excluding hydrogens is 324 g/mol. The van der Waals surface area contributed by atoms with Crippen molar-refractivity contribution in [3.8, 4) is 5.75 Å². The second-order valence-corrected chi connectivity index (χ2v) is 6.47. The predicted octanol–water partition coefficient (Wildman–Crippen LogP) is 1.68. The Bertz CT molecular complexity index is 890. The number of fused-ring (bicyclic) bond motifs is 1. The molecule has 1 aromatic carbocycles. The molecule has 25 heavy (non-hydrogen) atoms. The molecule has 0 atom stereocenters. The number of hydrogen-bond acceptors (Lipinski definition) is 5. The molecule has 0 saturated heterocycles. The largest absolute Gasteiger partial charge is 0.496 e. The van der Waals surface area contributed by atoms with Crippen LogP contribution in [0.1, 0.15) is 25.7 Å². The van der Waals surface area contributed by atoms with Gasteiger partial charge in [-0.05, 0) is 43.7 Å². The number of rotatable bonds is 4. The van der Waals surface area contributed by atoms with Crippen LogP contribution < -0.4 is 16.0 Å². The Balaban J connectivity index is 1.87. The summed E-state index contributed by atoms with van der Waals surface area (Å²) in [5.41, 5.74) is -0.285. The van der Waals surface area contributed by atoms with Crippen LogP contribution in [0.4, 0.5) is 0 Å². The summed E-state index contributed by atoms with van der Waals surface area (Å²) in [7, 11) is 2.90. The lowest BCUT2D eigenvalue weighted by Crippen LogP contribution is -2.38. The number of methoxy groups -OCH3 is 2. The fourth-order valence-electron chi connectivity index (χ4n) is 3.61. The first-order valence-electron chi connectivity index (χ1n) is 8.42. The first-order valence-corrected chi connectivity index (χ1v) is 8.42. The van der Waals surface area contributed by atoms with Crippen LogP contribution in [0.3, 0.4) is 0 Å². The molecule has 134 valence electrons. The number of nitrogens with one attached hydrogen (secondary N) is 1. The number of benzene rings is 1. The van der Waals surface area contributed by atoms with Crippen LogP contribution in [0, 0.1) is 11.8 Å². The third-order valence-corrected chi connectivity index (χ3v) is 5.01. The molecule has 0 radical (unpaired) electrons. The van der Waals surface area contributed by atoms with Gasteiger partial charge in [-0.2, -0.15) is 0 Å². The predicted molar refractivity (Wildman–Crippen MR) is 92.8 cm³/mol. The number of nitrogens with zero attached hydrogens (tertiary/aromatic N) is 1. The topological polar surface area (TPSA) is 90.4 Å². The molecule has 1 N–H and O–H groups in total. The molecule has 1 aliphatic carbocycles. The number of esters is 1. The highest BCUT2D eigenvalue weighted by Crippen LogP contribution is 2.30. The molecule has 0 amide bonds. The Labute approximate surface area is 144 Å². The molecule has 2 aromatic rings. The SMILES string of the molecule is COC(=O)C1CCC(Cn2c(=O)[nH]c3cccc(OC)c3c2=O)CC1. The highest BCUT2D eigenvalue weighted by atomic mass is 16.5. The van der Waals surface area contributed by atoms with Crippen molar-refractivity contribution in [3.63, 3.8) is 0 Å². The molecule has 1 aromatic heterocycles. The van der Waals surface area contributed by atoms with Crippen molar-refractivity contribution in [2.45, 2.75) is 32.2 Å². The van der Waals surface area contributed by atoms with E-state index in [1.807, 2.05) is 0 Å². The van der Waals surface area contributed by atoms with E-state index in [1.165, 1.54) is 18.8 Å². The third kappa shape index (κ3) is 3.31. The molecule has 0 spiro atoms. The first kappa shape index (κ1) is 17.3. The molecule has 7 heteroatoms. The molecule has 1 heterocycles. The average Bonchev–Trinajstić information content (AvgIpc) is 2.64. The maximum atomic E-state index is 12.8. The minimum absolute atomic E-state index is 0.0760. The van der Waals surface area contributed by atoms with Crippen LogP contribution in [0.15, 0.2) is 27.8 Å². The Morgan fingerprint density at radius 1 is 1.20 bits per heavy atom. The summed E-state index contributed by atoms with van der Waals surface area (Å²) in [5, 5.41) is 0.382. The van der Waals surface area contributed by atoms with Crippen molar-refractivity contribution in [2.24, 2.45) is 11.8 Å². The van der Waals surface area contributed by atoms with E-state index in [2.05, 4.69) is 4.98 Å². The summed E-state index contributed by atoms with van der Waals surface area (Å²) in [6.07, 6.45) is 3.02. The van der Waals surface area contributed by atoms with Gasteiger partial charge in [-0.25, -0.2) is 4.79 Å². The normalized spacial score (nSPS) is 20.4. The van der Waals surface area contributed by atoms with Gasteiger partial charge in [0.15, 0.2) is 0 Å². The number of H-pyrrole nitrogens is 1. The van der Waals surface area contributed by atoms with Crippen molar-refractivity contribution in [3.05, 3.63) is 39.0 Å². The van der Waals surface area contributed by atoms with Gasteiger partial charge in [-0.3, -0.25) is 14.2 Å². The fraction of sp³-hybridized carbons (Fsp3) is 0.500. The van der Waals surface area contributed by atoms with Crippen LogP contribution in [0.5, 0.6) is 5.75 Å². The second kappa shape index (κ2) is 7.13. The summed E-state index contributed by atoms with van der Waals surface area (Å²) in [6, 6.07) is 5.12. The second-order valence-electron chi connectivity index (χ2n) is 6.47. The molecule has 0 aliphatic heterocycles. The zero-order chi connectivity index (χ0) is 18.0. The first-order chi connectivity index (χ1) is 12.0. The highest BCUT2D eigenvalue weighted by molar-refractivity contribution is 5.83. The van der Waals surface area contributed by atoms with E-state index in [1.54, 1.807) is 18.2 Å².